The van der Waals surface area contributed by atoms with Gasteiger partial charge in [0.15, 0.2) is 6.61 Å². The highest BCUT2D eigenvalue weighted by Gasteiger charge is 2.44. The molecule has 1 aliphatic rings. The largest absolute Gasteiger partial charge is 0.454 e. The van der Waals surface area contributed by atoms with Gasteiger partial charge in [0.2, 0.25) is 0 Å². The van der Waals surface area contributed by atoms with Crippen LogP contribution in [0.4, 0.5) is 0 Å². The molecule has 2 rings (SSSR count). The summed E-state index contributed by atoms with van der Waals surface area (Å²) in [5.41, 5.74) is 0.540. The summed E-state index contributed by atoms with van der Waals surface area (Å²) >= 11 is 0. The van der Waals surface area contributed by atoms with Gasteiger partial charge in [-0.25, -0.2) is 4.79 Å². The van der Waals surface area contributed by atoms with Crippen molar-refractivity contribution in [2.75, 3.05) is 13.7 Å². The van der Waals surface area contributed by atoms with Crippen molar-refractivity contribution in [1.29, 1.82) is 0 Å². The molecule has 3 amide bonds. The van der Waals surface area contributed by atoms with Crippen molar-refractivity contribution in [3.05, 3.63) is 35.4 Å². The number of hydrogen-bond acceptors (Lipinski definition) is 5. The molecule has 0 aliphatic carbocycles. The number of esters is 1. The van der Waals surface area contributed by atoms with Crippen molar-refractivity contribution in [3.63, 3.8) is 0 Å². The van der Waals surface area contributed by atoms with Crippen LogP contribution in [0, 0.1) is 5.92 Å². The molecule has 140 valence electrons. The first-order chi connectivity index (χ1) is 12.2. The standard InChI is InChI=1S/C19H24N2O5/c1-11(2)16(19(25)26-10-15(22)20(5)12(3)4)21-17(23)13-8-6-7-9-14(13)18(21)24/h6-9,11-12,16H,10H2,1-5H3/t16-/m1/s1. The molecule has 0 radical (unpaired) electrons. The number of amides is 3. The van der Waals surface area contributed by atoms with Gasteiger partial charge in [-0.05, 0) is 31.9 Å². The van der Waals surface area contributed by atoms with Gasteiger partial charge in [-0.1, -0.05) is 26.0 Å². The number of fused-ring (bicyclic) bond motifs is 1. The number of carbonyl (C=O) groups is 4. The summed E-state index contributed by atoms with van der Waals surface area (Å²) in [5, 5.41) is 0. The van der Waals surface area contributed by atoms with E-state index in [0.29, 0.717) is 0 Å². The van der Waals surface area contributed by atoms with E-state index in [1.165, 1.54) is 4.90 Å². The van der Waals surface area contributed by atoms with Gasteiger partial charge in [0, 0.05) is 13.1 Å². The molecule has 1 aromatic rings. The highest BCUT2D eigenvalue weighted by atomic mass is 16.5. The third-order valence-electron chi connectivity index (χ3n) is 4.48. The predicted octanol–water partition coefficient (Wildman–Crippen LogP) is 1.72. The Morgan fingerprint density at radius 1 is 1.04 bits per heavy atom. The summed E-state index contributed by atoms with van der Waals surface area (Å²) in [4.78, 5) is 52.2. The molecule has 26 heavy (non-hydrogen) atoms. The van der Waals surface area contributed by atoms with Crippen LogP contribution in [0.2, 0.25) is 0 Å². The number of ether oxygens (including phenoxy) is 1. The van der Waals surface area contributed by atoms with Crippen molar-refractivity contribution in [1.82, 2.24) is 9.80 Å². The normalized spacial score (nSPS) is 14.7. The van der Waals surface area contributed by atoms with E-state index >= 15 is 0 Å². The molecule has 0 saturated carbocycles. The Bertz CT molecular complexity index is 706. The Labute approximate surface area is 152 Å². The van der Waals surface area contributed by atoms with Gasteiger partial charge in [-0.3, -0.25) is 19.3 Å². The molecule has 0 N–H and O–H groups in total. The second kappa shape index (κ2) is 7.68. The highest BCUT2D eigenvalue weighted by Crippen LogP contribution is 2.27. The van der Waals surface area contributed by atoms with Crippen LogP contribution in [-0.2, 0) is 14.3 Å². The molecular formula is C19H24N2O5. The number of hydrogen-bond donors (Lipinski definition) is 0. The zero-order valence-electron chi connectivity index (χ0n) is 15.7. The fourth-order valence-corrected chi connectivity index (χ4v) is 2.74. The van der Waals surface area contributed by atoms with Gasteiger partial charge in [-0.15, -0.1) is 0 Å². The van der Waals surface area contributed by atoms with E-state index in [0.717, 1.165) is 4.90 Å². The van der Waals surface area contributed by atoms with E-state index in [1.807, 2.05) is 13.8 Å². The second-order valence-electron chi connectivity index (χ2n) is 6.92. The first-order valence-electron chi connectivity index (χ1n) is 8.56. The molecule has 0 fully saturated rings. The molecule has 1 aliphatic heterocycles. The number of rotatable bonds is 6. The summed E-state index contributed by atoms with van der Waals surface area (Å²) in [6.07, 6.45) is 0. The van der Waals surface area contributed by atoms with Crippen molar-refractivity contribution in [2.45, 2.75) is 39.8 Å². The van der Waals surface area contributed by atoms with Crippen LogP contribution >= 0.6 is 0 Å². The zero-order chi connectivity index (χ0) is 19.6. The maximum absolute atomic E-state index is 12.6. The fraction of sp³-hybridized carbons (Fsp3) is 0.474. The van der Waals surface area contributed by atoms with Gasteiger partial charge in [0.25, 0.3) is 17.7 Å². The molecule has 0 spiro atoms. The maximum Gasteiger partial charge on any atom is 0.330 e. The highest BCUT2D eigenvalue weighted by molar-refractivity contribution is 6.22. The molecule has 1 heterocycles. The van der Waals surface area contributed by atoms with E-state index in [-0.39, 0.29) is 29.0 Å². The van der Waals surface area contributed by atoms with Crippen LogP contribution in [0.5, 0.6) is 0 Å². The quantitative estimate of drug-likeness (QED) is 0.570. The first-order valence-corrected chi connectivity index (χ1v) is 8.56. The SMILES string of the molecule is CC(C)[C@H](C(=O)OCC(=O)N(C)C(C)C)N1C(=O)c2ccccc2C1=O. The number of carbonyl (C=O) groups excluding carboxylic acids is 4. The lowest BCUT2D eigenvalue weighted by Gasteiger charge is -2.28. The Kier molecular flexibility index (Phi) is 5.79. The van der Waals surface area contributed by atoms with Crippen LogP contribution < -0.4 is 0 Å². The van der Waals surface area contributed by atoms with Crippen molar-refractivity contribution < 1.29 is 23.9 Å². The van der Waals surface area contributed by atoms with E-state index < -0.39 is 30.4 Å². The summed E-state index contributed by atoms with van der Waals surface area (Å²) < 4.78 is 5.13. The summed E-state index contributed by atoms with van der Waals surface area (Å²) in [5.74, 6) is -2.51. The molecular weight excluding hydrogens is 336 g/mol. The molecule has 7 heteroatoms. The molecule has 7 nitrogen and oxygen atoms in total. The van der Waals surface area contributed by atoms with E-state index in [1.54, 1.807) is 45.2 Å². The Hall–Kier alpha value is -2.70. The number of benzene rings is 1. The van der Waals surface area contributed by atoms with Crippen LogP contribution in [-0.4, -0.2) is 59.2 Å². The number of likely N-dealkylation sites (N-methyl/N-ethyl adjacent to an activating group) is 1. The molecule has 0 bridgehead atoms. The monoisotopic (exact) mass is 360 g/mol. The average molecular weight is 360 g/mol. The van der Waals surface area contributed by atoms with Crippen LogP contribution in [0.25, 0.3) is 0 Å². The second-order valence-corrected chi connectivity index (χ2v) is 6.92. The Balaban J connectivity index is 2.17. The van der Waals surface area contributed by atoms with Gasteiger partial charge in [0.1, 0.15) is 6.04 Å². The summed E-state index contributed by atoms with van der Waals surface area (Å²) in [6.45, 7) is 6.69. The minimum Gasteiger partial charge on any atom is -0.454 e. The van der Waals surface area contributed by atoms with Gasteiger partial charge in [0.05, 0.1) is 11.1 Å². The molecule has 0 unspecified atom stereocenters. The van der Waals surface area contributed by atoms with Crippen molar-refractivity contribution >= 4 is 23.7 Å². The van der Waals surface area contributed by atoms with E-state index in [9.17, 15) is 19.2 Å². The number of imide groups is 1. The van der Waals surface area contributed by atoms with Gasteiger partial charge >= 0.3 is 5.97 Å². The Morgan fingerprint density at radius 2 is 1.54 bits per heavy atom. The average Bonchev–Trinajstić information content (AvgIpc) is 2.84. The molecule has 1 aromatic carbocycles. The first kappa shape index (κ1) is 19.6. The number of nitrogens with zero attached hydrogens (tertiary/aromatic N) is 2. The van der Waals surface area contributed by atoms with Crippen LogP contribution in [0.3, 0.4) is 0 Å². The van der Waals surface area contributed by atoms with E-state index in [4.69, 9.17) is 4.74 Å². The van der Waals surface area contributed by atoms with Gasteiger partial charge < -0.3 is 9.64 Å². The van der Waals surface area contributed by atoms with Crippen molar-refractivity contribution in [3.8, 4) is 0 Å². The lowest BCUT2D eigenvalue weighted by Crippen LogP contribution is -2.49. The summed E-state index contributed by atoms with van der Waals surface area (Å²) in [6, 6.07) is 5.32. The smallest absolute Gasteiger partial charge is 0.330 e. The maximum atomic E-state index is 12.6. The third-order valence-corrected chi connectivity index (χ3v) is 4.48. The third kappa shape index (κ3) is 3.61. The Morgan fingerprint density at radius 3 is 1.96 bits per heavy atom. The zero-order valence-corrected chi connectivity index (χ0v) is 15.7. The minimum absolute atomic E-state index is 0.0293. The fourth-order valence-electron chi connectivity index (χ4n) is 2.74. The topological polar surface area (TPSA) is 84.0 Å². The lowest BCUT2D eigenvalue weighted by molar-refractivity contribution is -0.156. The molecule has 1 atom stereocenters. The molecule has 0 aromatic heterocycles. The van der Waals surface area contributed by atoms with E-state index in [2.05, 4.69) is 0 Å². The van der Waals surface area contributed by atoms with Crippen LogP contribution in [0.1, 0.15) is 48.4 Å². The van der Waals surface area contributed by atoms with Gasteiger partial charge in [-0.2, -0.15) is 0 Å². The van der Waals surface area contributed by atoms with Crippen molar-refractivity contribution in [2.24, 2.45) is 5.92 Å². The predicted molar refractivity (Wildman–Crippen MR) is 94.4 cm³/mol. The van der Waals surface area contributed by atoms with Crippen LogP contribution in [0.15, 0.2) is 24.3 Å². The lowest BCUT2D eigenvalue weighted by atomic mass is 10.0. The summed E-state index contributed by atoms with van der Waals surface area (Å²) in [7, 11) is 1.62. The molecule has 0 saturated heterocycles. The minimum atomic E-state index is -1.08.